The summed E-state index contributed by atoms with van der Waals surface area (Å²) < 4.78 is 10.2. The van der Waals surface area contributed by atoms with Gasteiger partial charge in [0.2, 0.25) is 0 Å². The van der Waals surface area contributed by atoms with Crippen molar-refractivity contribution < 1.29 is 14.3 Å². The van der Waals surface area contributed by atoms with Gasteiger partial charge in [-0.15, -0.1) is 11.3 Å². The predicted molar refractivity (Wildman–Crippen MR) is 118 cm³/mol. The molecule has 0 saturated carbocycles. The number of carbonyl (C=O) groups excluding carboxylic acids is 1. The first-order valence-corrected chi connectivity index (χ1v) is 10.6. The number of thiophene rings is 1. The van der Waals surface area contributed by atoms with Gasteiger partial charge in [0, 0.05) is 4.88 Å². The number of rotatable bonds is 5. The van der Waals surface area contributed by atoms with Crippen LogP contribution in [0.5, 0.6) is 5.75 Å². The van der Waals surface area contributed by atoms with E-state index >= 15 is 0 Å². The molecular formula is C21H26N2O3S2. The summed E-state index contributed by atoms with van der Waals surface area (Å²) in [4.78, 5) is 13.7. The highest BCUT2D eigenvalue weighted by Crippen LogP contribution is 2.40. The van der Waals surface area contributed by atoms with Crippen molar-refractivity contribution in [3.63, 3.8) is 0 Å². The number of anilines is 1. The van der Waals surface area contributed by atoms with Crippen molar-refractivity contribution in [1.82, 2.24) is 5.32 Å². The first kappa shape index (κ1) is 20.6. The molecule has 28 heavy (non-hydrogen) atoms. The number of fused-ring (bicyclic) bond motifs is 1. The number of nitrogens with one attached hydrogen (secondary N) is 2. The molecule has 1 aromatic heterocycles. The number of hydrogen-bond donors (Lipinski definition) is 2. The first-order valence-electron chi connectivity index (χ1n) is 9.37. The lowest BCUT2D eigenvalue weighted by molar-refractivity contribution is 0.0601. The molecule has 2 N–H and O–H groups in total. The molecule has 2 unspecified atom stereocenters. The minimum atomic E-state index is -0.305. The molecule has 2 atom stereocenters. The van der Waals surface area contributed by atoms with Crippen LogP contribution in [-0.2, 0) is 17.6 Å². The van der Waals surface area contributed by atoms with Crippen LogP contribution in [0.3, 0.4) is 0 Å². The van der Waals surface area contributed by atoms with Crippen molar-refractivity contribution in [1.29, 1.82) is 0 Å². The van der Waals surface area contributed by atoms with Gasteiger partial charge in [0.25, 0.3) is 0 Å². The minimum absolute atomic E-state index is 0.0158. The molecule has 0 spiro atoms. The van der Waals surface area contributed by atoms with E-state index in [1.807, 2.05) is 31.2 Å². The molecule has 0 radical (unpaired) electrons. The van der Waals surface area contributed by atoms with Crippen LogP contribution in [0.25, 0.3) is 0 Å². The Morgan fingerprint density at radius 3 is 2.64 bits per heavy atom. The van der Waals surface area contributed by atoms with Gasteiger partial charge in [-0.25, -0.2) is 4.79 Å². The fourth-order valence-electron chi connectivity index (χ4n) is 3.47. The summed E-state index contributed by atoms with van der Waals surface area (Å²) in [6.07, 6.45) is 2.99. The van der Waals surface area contributed by atoms with Crippen LogP contribution in [0, 0.1) is 5.92 Å². The van der Waals surface area contributed by atoms with E-state index in [9.17, 15) is 4.79 Å². The van der Waals surface area contributed by atoms with Crippen molar-refractivity contribution >= 4 is 39.6 Å². The average molecular weight is 419 g/mol. The standard InChI is InChI=1S/C21H26N2O3S2/c1-12-5-10-16-17(11-12)28-19(18(16)20(24)26-4)23-21(27)22-13(2)14-6-8-15(25-3)9-7-14/h6-9,12-13H,5,10-11H2,1-4H3,(H2,22,23,27). The number of hydrogen-bond acceptors (Lipinski definition) is 5. The van der Waals surface area contributed by atoms with Crippen LogP contribution in [0.2, 0.25) is 0 Å². The zero-order valence-electron chi connectivity index (χ0n) is 16.6. The van der Waals surface area contributed by atoms with E-state index in [0.717, 1.165) is 41.1 Å². The number of ether oxygens (including phenoxy) is 2. The Morgan fingerprint density at radius 1 is 1.29 bits per heavy atom. The highest BCUT2D eigenvalue weighted by Gasteiger charge is 2.28. The van der Waals surface area contributed by atoms with Crippen molar-refractivity contribution in [2.45, 2.75) is 39.2 Å². The molecule has 0 saturated heterocycles. The van der Waals surface area contributed by atoms with Gasteiger partial charge in [0.1, 0.15) is 10.8 Å². The van der Waals surface area contributed by atoms with Crippen molar-refractivity contribution in [2.24, 2.45) is 5.92 Å². The largest absolute Gasteiger partial charge is 0.497 e. The predicted octanol–water partition coefficient (Wildman–Crippen LogP) is 4.72. The Labute approximate surface area is 175 Å². The zero-order chi connectivity index (χ0) is 20.3. The van der Waals surface area contributed by atoms with Crippen LogP contribution in [-0.4, -0.2) is 25.3 Å². The van der Waals surface area contributed by atoms with E-state index in [2.05, 4.69) is 17.6 Å². The molecule has 2 aromatic rings. The van der Waals surface area contributed by atoms with E-state index < -0.39 is 0 Å². The van der Waals surface area contributed by atoms with Crippen molar-refractivity contribution in [3.05, 3.63) is 45.8 Å². The smallest absolute Gasteiger partial charge is 0.341 e. The fourth-order valence-corrected chi connectivity index (χ4v) is 5.22. The average Bonchev–Trinajstić information content (AvgIpc) is 3.03. The second kappa shape index (κ2) is 8.92. The molecule has 3 rings (SSSR count). The van der Waals surface area contributed by atoms with Crippen LogP contribution >= 0.6 is 23.6 Å². The summed E-state index contributed by atoms with van der Waals surface area (Å²) >= 11 is 7.12. The zero-order valence-corrected chi connectivity index (χ0v) is 18.3. The molecule has 0 amide bonds. The van der Waals surface area contributed by atoms with Gasteiger partial charge in [-0.05, 0) is 67.6 Å². The van der Waals surface area contributed by atoms with Gasteiger partial charge in [-0.3, -0.25) is 0 Å². The maximum absolute atomic E-state index is 12.4. The van der Waals surface area contributed by atoms with Gasteiger partial charge in [-0.1, -0.05) is 19.1 Å². The summed E-state index contributed by atoms with van der Waals surface area (Å²) in [6.45, 7) is 4.29. The molecule has 150 valence electrons. The van der Waals surface area contributed by atoms with Gasteiger partial charge in [0.15, 0.2) is 5.11 Å². The fraction of sp³-hybridized carbons (Fsp3) is 0.429. The Balaban J connectivity index is 1.75. The molecule has 5 nitrogen and oxygen atoms in total. The SMILES string of the molecule is COC(=O)c1c(NC(=S)NC(C)c2ccc(OC)cc2)sc2c1CCC(C)C2. The number of benzene rings is 1. The number of methoxy groups -OCH3 is 2. The summed E-state index contributed by atoms with van der Waals surface area (Å²) in [6, 6.07) is 7.87. The molecular weight excluding hydrogens is 392 g/mol. The lowest BCUT2D eigenvalue weighted by atomic mass is 9.88. The van der Waals surface area contributed by atoms with Crippen LogP contribution < -0.4 is 15.4 Å². The lowest BCUT2D eigenvalue weighted by Crippen LogP contribution is -2.31. The molecule has 1 aliphatic rings. The quantitative estimate of drug-likeness (QED) is 0.541. The Bertz CT molecular complexity index is 861. The van der Waals surface area contributed by atoms with Crippen LogP contribution in [0.15, 0.2) is 24.3 Å². The maximum atomic E-state index is 12.4. The summed E-state index contributed by atoms with van der Waals surface area (Å²) in [5.74, 6) is 1.14. The van der Waals surface area contributed by atoms with E-state index in [-0.39, 0.29) is 12.0 Å². The molecule has 7 heteroatoms. The maximum Gasteiger partial charge on any atom is 0.341 e. The third-order valence-electron chi connectivity index (χ3n) is 5.09. The van der Waals surface area contributed by atoms with Gasteiger partial charge in [-0.2, -0.15) is 0 Å². The van der Waals surface area contributed by atoms with E-state index in [1.165, 1.54) is 12.0 Å². The summed E-state index contributed by atoms with van der Waals surface area (Å²) in [7, 11) is 3.07. The topological polar surface area (TPSA) is 59.6 Å². The Hall–Kier alpha value is -2.12. The van der Waals surface area contributed by atoms with Crippen molar-refractivity contribution in [2.75, 3.05) is 19.5 Å². The van der Waals surface area contributed by atoms with Crippen LogP contribution in [0.4, 0.5) is 5.00 Å². The summed E-state index contributed by atoms with van der Waals surface area (Å²) in [5, 5.41) is 7.78. The molecule has 0 bridgehead atoms. The van der Waals surface area contributed by atoms with E-state index in [0.29, 0.717) is 16.6 Å². The third kappa shape index (κ3) is 4.47. The second-order valence-corrected chi connectivity index (χ2v) is 8.65. The van der Waals surface area contributed by atoms with Gasteiger partial charge in [0.05, 0.1) is 25.8 Å². The van der Waals surface area contributed by atoms with Gasteiger partial charge >= 0.3 is 5.97 Å². The molecule has 1 heterocycles. The lowest BCUT2D eigenvalue weighted by Gasteiger charge is -2.18. The Kier molecular flexibility index (Phi) is 6.57. The monoisotopic (exact) mass is 418 g/mol. The number of esters is 1. The van der Waals surface area contributed by atoms with Crippen LogP contribution in [0.1, 0.15) is 52.7 Å². The normalized spacial score (nSPS) is 16.6. The third-order valence-corrected chi connectivity index (χ3v) is 6.48. The second-order valence-electron chi connectivity index (χ2n) is 7.14. The molecule has 0 fully saturated rings. The number of thiocarbonyl (C=S) groups is 1. The van der Waals surface area contributed by atoms with E-state index in [4.69, 9.17) is 21.7 Å². The van der Waals surface area contributed by atoms with Crippen molar-refractivity contribution in [3.8, 4) is 5.75 Å². The highest BCUT2D eigenvalue weighted by atomic mass is 32.1. The molecule has 1 aromatic carbocycles. The minimum Gasteiger partial charge on any atom is -0.497 e. The first-order chi connectivity index (χ1) is 13.4. The van der Waals surface area contributed by atoms with E-state index in [1.54, 1.807) is 18.4 Å². The summed E-state index contributed by atoms with van der Waals surface area (Å²) in [5.41, 5.74) is 2.84. The van der Waals surface area contributed by atoms with Gasteiger partial charge < -0.3 is 20.1 Å². The highest BCUT2D eigenvalue weighted by molar-refractivity contribution is 7.80. The Morgan fingerprint density at radius 2 is 2.00 bits per heavy atom. The number of carbonyl (C=O) groups is 1. The molecule has 1 aliphatic carbocycles. The molecule has 0 aliphatic heterocycles.